The molecule has 0 saturated heterocycles. The number of phosphoric ester groups is 2. The number of carbonyl (C=O) groups is 4. The second kappa shape index (κ2) is 77.2. The highest BCUT2D eigenvalue weighted by atomic mass is 31.2. The largest absolute Gasteiger partial charge is 0.472 e. The molecule has 0 aliphatic carbocycles. The molecule has 0 aromatic carbocycles. The van der Waals surface area contributed by atoms with Crippen LogP contribution >= 0.6 is 15.6 Å². The molecule has 0 bridgehead atoms. The minimum atomic E-state index is -4.96. The maximum absolute atomic E-state index is 13.1. The lowest BCUT2D eigenvalue weighted by Crippen LogP contribution is -2.30. The maximum Gasteiger partial charge on any atom is 0.472 e. The van der Waals surface area contributed by atoms with Crippen molar-refractivity contribution in [2.45, 2.75) is 470 Å². The van der Waals surface area contributed by atoms with E-state index in [1.165, 1.54) is 283 Å². The number of aliphatic hydroxyl groups excluding tert-OH is 1. The third-order valence-electron chi connectivity index (χ3n) is 19.6. The zero-order valence-electron chi connectivity index (χ0n) is 66.6. The molecular weight excluding hydrogens is 1330 g/mol. The summed E-state index contributed by atoms with van der Waals surface area (Å²) in [6.07, 6.45) is 70.8. The molecule has 102 heavy (non-hydrogen) atoms. The van der Waals surface area contributed by atoms with Gasteiger partial charge in [-0.1, -0.05) is 400 Å². The molecule has 0 rings (SSSR count). The van der Waals surface area contributed by atoms with Crippen molar-refractivity contribution in [2.75, 3.05) is 39.6 Å². The Morgan fingerprint density at radius 3 is 0.578 bits per heavy atom. The summed E-state index contributed by atoms with van der Waals surface area (Å²) in [5.41, 5.74) is 0. The molecule has 0 aliphatic rings. The van der Waals surface area contributed by atoms with Crippen molar-refractivity contribution in [1.82, 2.24) is 0 Å². The molecule has 0 spiro atoms. The van der Waals surface area contributed by atoms with Crippen LogP contribution in [0.2, 0.25) is 0 Å². The molecule has 19 heteroatoms. The Morgan fingerprint density at radius 2 is 0.392 bits per heavy atom. The van der Waals surface area contributed by atoms with Gasteiger partial charge in [0.25, 0.3) is 0 Å². The molecule has 0 radical (unpaired) electrons. The predicted octanol–water partition coefficient (Wildman–Crippen LogP) is 25.4. The third kappa shape index (κ3) is 76.3. The van der Waals surface area contributed by atoms with Crippen LogP contribution in [0.1, 0.15) is 451 Å². The van der Waals surface area contributed by atoms with E-state index in [9.17, 15) is 43.2 Å². The number of ether oxygens (including phenoxy) is 4. The quantitative estimate of drug-likeness (QED) is 0.0222. The Balaban J connectivity index is 5.20. The van der Waals surface area contributed by atoms with Gasteiger partial charge in [-0.25, -0.2) is 9.13 Å². The first-order valence-corrected chi connectivity index (χ1v) is 46.3. The average Bonchev–Trinajstić information content (AvgIpc) is 0.955. The number of rotatable bonds is 84. The van der Waals surface area contributed by atoms with Crippen LogP contribution in [0.5, 0.6) is 0 Å². The molecule has 2 unspecified atom stereocenters. The van der Waals surface area contributed by atoms with Crippen LogP contribution in [0.15, 0.2) is 0 Å². The summed E-state index contributed by atoms with van der Waals surface area (Å²) in [6.45, 7) is 5.03. The smallest absolute Gasteiger partial charge is 0.462 e. The van der Waals surface area contributed by atoms with Crippen molar-refractivity contribution >= 4 is 39.5 Å². The zero-order valence-corrected chi connectivity index (χ0v) is 68.4. The van der Waals surface area contributed by atoms with Gasteiger partial charge in [-0.2, -0.15) is 0 Å². The Morgan fingerprint density at radius 1 is 0.235 bits per heavy atom. The van der Waals surface area contributed by atoms with Gasteiger partial charge in [0.2, 0.25) is 0 Å². The number of hydrogen-bond donors (Lipinski definition) is 3. The molecule has 0 amide bonds. The van der Waals surface area contributed by atoms with Gasteiger partial charge in [-0.15, -0.1) is 0 Å². The first kappa shape index (κ1) is 100. The van der Waals surface area contributed by atoms with Gasteiger partial charge in [-0.05, 0) is 25.7 Å². The van der Waals surface area contributed by atoms with E-state index in [1.807, 2.05) is 0 Å². The van der Waals surface area contributed by atoms with E-state index in [1.54, 1.807) is 0 Å². The van der Waals surface area contributed by atoms with E-state index >= 15 is 0 Å². The molecule has 606 valence electrons. The Labute approximate surface area is 626 Å². The normalized spacial score (nSPS) is 13.8. The number of unbranched alkanes of at least 4 members (excludes halogenated alkanes) is 58. The van der Waals surface area contributed by atoms with E-state index in [-0.39, 0.29) is 25.7 Å². The van der Waals surface area contributed by atoms with Crippen molar-refractivity contribution < 1.29 is 80.2 Å². The van der Waals surface area contributed by atoms with Crippen molar-refractivity contribution in [1.29, 1.82) is 0 Å². The second-order valence-corrected chi connectivity index (χ2v) is 32.8. The molecule has 0 saturated carbocycles. The van der Waals surface area contributed by atoms with Gasteiger partial charge in [0.1, 0.15) is 19.3 Å². The van der Waals surface area contributed by atoms with Crippen molar-refractivity contribution in [3.05, 3.63) is 0 Å². The van der Waals surface area contributed by atoms with Gasteiger partial charge in [-0.3, -0.25) is 37.3 Å². The number of phosphoric acid groups is 2. The topological polar surface area (TPSA) is 237 Å². The fourth-order valence-corrected chi connectivity index (χ4v) is 14.6. The van der Waals surface area contributed by atoms with Gasteiger partial charge < -0.3 is 33.8 Å². The molecule has 0 fully saturated rings. The monoisotopic (exact) mass is 1490 g/mol. The summed E-state index contributed by atoms with van der Waals surface area (Å²) in [7, 11) is -9.92. The van der Waals surface area contributed by atoms with Crippen molar-refractivity contribution in [2.24, 2.45) is 0 Å². The summed E-state index contributed by atoms with van der Waals surface area (Å²) in [5.74, 6) is -2.10. The number of aliphatic hydroxyl groups is 1. The Bertz CT molecular complexity index is 1930. The molecule has 0 heterocycles. The van der Waals surface area contributed by atoms with E-state index < -0.39 is 97.5 Å². The zero-order chi connectivity index (χ0) is 74.6. The summed E-state index contributed by atoms with van der Waals surface area (Å²) >= 11 is 0. The molecule has 0 aromatic rings. The van der Waals surface area contributed by atoms with Crippen molar-refractivity contribution in [3.8, 4) is 0 Å². The van der Waals surface area contributed by atoms with Gasteiger partial charge in [0.15, 0.2) is 12.2 Å². The lowest BCUT2D eigenvalue weighted by Gasteiger charge is -2.21. The molecule has 0 aromatic heterocycles. The summed E-state index contributed by atoms with van der Waals surface area (Å²) in [6, 6.07) is 0. The second-order valence-electron chi connectivity index (χ2n) is 29.9. The lowest BCUT2D eigenvalue weighted by atomic mass is 10.0. The fraction of sp³-hybridized carbons (Fsp3) is 0.952. The van der Waals surface area contributed by atoms with Crippen molar-refractivity contribution in [3.63, 3.8) is 0 Å². The van der Waals surface area contributed by atoms with Crippen LogP contribution in [0.4, 0.5) is 0 Å². The van der Waals surface area contributed by atoms with Crippen LogP contribution in [-0.4, -0.2) is 96.7 Å². The third-order valence-corrected chi connectivity index (χ3v) is 21.5. The lowest BCUT2D eigenvalue weighted by molar-refractivity contribution is -0.161. The molecule has 3 N–H and O–H groups in total. The van der Waals surface area contributed by atoms with Gasteiger partial charge >= 0.3 is 39.5 Å². The Hall–Kier alpha value is -1.94. The number of hydrogen-bond acceptors (Lipinski definition) is 15. The minimum Gasteiger partial charge on any atom is -0.462 e. The molecular formula is C83H162O17P2. The highest BCUT2D eigenvalue weighted by molar-refractivity contribution is 7.47. The van der Waals surface area contributed by atoms with Gasteiger partial charge in [0, 0.05) is 25.7 Å². The SMILES string of the molecule is CCCCCCCCCCCCCCCCCCCCCCCC(=O)O[C@H](COC(=O)CCCCCCCCCCCCCCCCCCC)COP(=O)(O)OC[C@@H](O)COP(=O)(O)OC[C@@H](COC(=O)CCCCCCCCCCC)OC(=O)CCCCCCCCCCCCCCCCC. The highest BCUT2D eigenvalue weighted by Gasteiger charge is 2.30. The molecule has 0 aliphatic heterocycles. The number of carbonyl (C=O) groups excluding carboxylic acids is 4. The Kier molecular flexibility index (Phi) is 75.8. The van der Waals surface area contributed by atoms with E-state index in [4.69, 9.17) is 37.0 Å². The minimum absolute atomic E-state index is 0.109. The van der Waals surface area contributed by atoms with Crippen LogP contribution in [0, 0.1) is 0 Å². The molecule has 5 atom stereocenters. The highest BCUT2D eigenvalue weighted by Crippen LogP contribution is 2.45. The van der Waals surface area contributed by atoms with Crippen LogP contribution < -0.4 is 0 Å². The van der Waals surface area contributed by atoms with Gasteiger partial charge in [0.05, 0.1) is 26.4 Å². The fourth-order valence-electron chi connectivity index (χ4n) is 13.0. The first-order valence-electron chi connectivity index (χ1n) is 43.3. The number of esters is 4. The summed E-state index contributed by atoms with van der Waals surface area (Å²) in [5, 5.41) is 10.6. The van der Waals surface area contributed by atoms with Crippen LogP contribution in [-0.2, 0) is 65.4 Å². The standard InChI is InChI=1S/C83H162O17P2/c1-5-9-13-17-21-25-28-31-34-36-37-38-39-41-44-47-50-54-58-62-66-70-83(88)100-79(74-94-81(86)68-64-60-56-52-48-45-43-40-35-32-29-26-22-18-14-10-6-2)76-98-102(91,92)96-72-77(84)71-95-101(89,90)97-75-78(73-93-80(85)67-63-59-55-51-24-20-16-12-8-4)99-82(87)69-65-61-57-53-49-46-42-33-30-27-23-19-15-11-7-3/h77-79,84H,5-76H2,1-4H3,(H,89,90)(H,91,92)/t77-,78+,79+/m0/s1. The molecule has 17 nitrogen and oxygen atoms in total. The van der Waals surface area contributed by atoms with Crippen LogP contribution in [0.3, 0.4) is 0 Å². The van der Waals surface area contributed by atoms with Crippen LogP contribution in [0.25, 0.3) is 0 Å². The summed E-state index contributed by atoms with van der Waals surface area (Å²) in [4.78, 5) is 73.0. The van der Waals surface area contributed by atoms with E-state index in [0.29, 0.717) is 25.7 Å². The average molecular weight is 1490 g/mol. The first-order chi connectivity index (χ1) is 49.7. The van der Waals surface area contributed by atoms with E-state index in [2.05, 4.69) is 27.7 Å². The summed E-state index contributed by atoms with van der Waals surface area (Å²) < 4.78 is 68.8. The van der Waals surface area contributed by atoms with E-state index in [0.717, 1.165) is 89.9 Å². The maximum atomic E-state index is 13.1. The predicted molar refractivity (Wildman–Crippen MR) is 419 cm³/mol.